The van der Waals surface area contributed by atoms with Crippen molar-refractivity contribution in [3.8, 4) is 5.75 Å². The summed E-state index contributed by atoms with van der Waals surface area (Å²) in [6, 6.07) is 6.13. The second-order valence-electron chi connectivity index (χ2n) is 5.34. The maximum Gasteiger partial charge on any atom is 0.265 e. The van der Waals surface area contributed by atoms with Crippen molar-refractivity contribution in [1.29, 1.82) is 0 Å². The Morgan fingerprint density at radius 1 is 1.42 bits per heavy atom. The summed E-state index contributed by atoms with van der Waals surface area (Å²) >= 11 is 0. The molecule has 0 fully saturated rings. The van der Waals surface area contributed by atoms with Gasteiger partial charge in [0.05, 0.1) is 5.69 Å². The smallest absolute Gasteiger partial charge is 0.265 e. The van der Waals surface area contributed by atoms with E-state index >= 15 is 0 Å². The molecule has 2 rings (SSSR count). The highest BCUT2D eigenvalue weighted by atomic mass is 16.5. The number of rotatable bonds is 4. The van der Waals surface area contributed by atoms with Gasteiger partial charge in [0.15, 0.2) is 6.61 Å². The highest BCUT2D eigenvalue weighted by molar-refractivity contribution is 5.97. The monoisotopic (exact) mass is 262 g/mol. The molecule has 0 aromatic heterocycles. The maximum absolute atomic E-state index is 11.8. The van der Waals surface area contributed by atoms with E-state index < -0.39 is 0 Å². The largest absolute Gasteiger partial charge is 0.482 e. The molecule has 0 spiro atoms. The fourth-order valence-electron chi connectivity index (χ4n) is 2.23. The Morgan fingerprint density at radius 3 is 2.79 bits per heavy atom. The molecule has 1 heterocycles. The molecule has 4 nitrogen and oxygen atoms in total. The molecule has 0 aliphatic carbocycles. The van der Waals surface area contributed by atoms with E-state index in [-0.39, 0.29) is 18.6 Å². The van der Waals surface area contributed by atoms with E-state index in [0.29, 0.717) is 12.5 Å². The van der Waals surface area contributed by atoms with E-state index in [1.54, 1.807) is 4.90 Å². The van der Waals surface area contributed by atoms with Crippen LogP contribution in [0, 0.1) is 5.92 Å². The Kier molecular flexibility index (Phi) is 4.10. The normalized spacial score (nSPS) is 16.3. The fourth-order valence-corrected chi connectivity index (χ4v) is 2.23. The first kappa shape index (κ1) is 13.9. The standard InChI is InChI=1S/C15H22N2O2/c1-4-17-13-8-11(7-12(16)10(2)3)5-6-14(13)19-9-15(17)18/h5-6,8,10,12H,4,7,9,16H2,1-3H3. The van der Waals surface area contributed by atoms with Gasteiger partial charge in [0.2, 0.25) is 0 Å². The van der Waals surface area contributed by atoms with Gasteiger partial charge in [-0.1, -0.05) is 19.9 Å². The highest BCUT2D eigenvalue weighted by Gasteiger charge is 2.24. The van der Waals surface area contributed by atoms with Crippen molar-refractivity contribution in [1.82, 2.24) is 0 Å². The van der Waals surface area contributed by atoms with Crippen molar-refractivity contribution in [3.05, 3.63) is 23.8 Å². The molecule has 0 saturated heterocycles. The van der Waals surface area contributed by atoms with Gasteiger partial charge in [-0.15, -0.1) is 0 Å². The molecule has 0 radical (unpaired) electrons. The molecule has 2 N–H and O–H groups in total. The molecule has 1 unspecified atom stereocenters. The van der Waals surface area contributed by atoms with Gasteiger partial charge in [-0.3, -0.25) is 4.79 Å². The van der Waals surface area contributed by atoms with E-state index in [1.807, 2.05) is 25.1 Å². The van der Waals surface area contributed by atoms with Crippen LogP contribution in [0.4, 0.5) is 5.69 Å². The molecule has 1 aromatic carbocycles. The van der Waals surface area contributed by atoms with Crippen LogP contribution in [-0.2, 0) is 11.2 Å². The van der Waals surface area contributed by atoms with Gasteiger partial charge in [-0.2, -0.15) is 0 Å². The Balaban J connectivity index is 2.26. The van der Waals surface area contributed by atoms with Crippen LogP contribution in [-0.4, -0.2) is 25.1 Å². The number of likely N-dealkylation sites (N-methyl/N-ethyl adjacent to an activating group) is 1. The average Bonchev–Trinajstić information content (AvgIpc) is 2.38. The van der Waals surface area contributed by atoms with Gasteiger partial charge in [-0.05, 0) is 37.0 Å². The minimum atomic E-state index is 0.0142. The number of hydrogen-bond donors (Lipinski definition) is 1. The number of ether oxygens (including phenoxy) is 1. The average molecular weight is 262 g/mol. The van der Waals surface area contributed by atoms with Gasteiger partial charge >= 0.3 is 0 Å². The van der Waals surface area contributed by atoms with Crippen LogP contribution in [0.25, 0.3) is 0 Å². The molecule has 104 valence electrons. The number of carbonyl (C=O) groups excluding carboxylic acids is 1. The number of nitrogens with two attached hydrogens (primary N) is 1. The number of fused-ring (bicyclic) bond motifs is 1. The number of nitrogens with zero attached hydrogens (tertiary/aromatic N) is 1. The van der Waals surface area contributed by atoms with Crippen LogP contribution in [0.3, 0.4) is 0 Å². The third-order valence-electron chi connectivity index (χ3n) is 3.61. The molecule has 1 atom stereocenters. The van der Waals surface area contributed by atoms with Crippen LogP contribution in [0.15, 0.2) is 18.2 Å². The SMILES string of the molecule is CCN1C(=O)COc2ccc(CC(N)C(C)C)cc21. The van der Waals surface area contributed by atoms with Crippen molar-refractivity contribution in [2.24, 2.45) is 11.7 Å². The van der Waals surface area contributed by atoms with E-state index in [4.69, 9.17) is 10.5 Å². The van der Waals surface area contributed by atoms with Gasteiger partial charge < -0.3 is 15.4 Å². The van der Waals surface area contributed by atoms with Crippen LogP contribution < -0.4 is 15.4 Å². The predicted octanol–water partition coefficient (Wildman–Crippen LogP) is 1.96. The van der Waals surface area contributed by atoms with E-state index in [0.717, 1.165) is 23.4 Å². The van der Waals surface area contributed by atoms with Crippen molar-refractivity contribution in [2.45, 2.75) is 33.2 Å². The van der Waals surface area contributed by atoms with Crippen molar-refractivity contribution >= 4 is 11.6 Å². The van der Waals surface area contributed by atoms with Crippen LogP contribution in [0.2, 0.25) is 0 Å². The lowest BCUT2D eigenvalue weighted by Gasteiger charge is -2.29. The van der Waals surface area contributed by atoms with Crippen molar-refractivity contribution in [2.75, 3.05) is 18.1 Å². The molecule has 1 aliphatic rings. The minimum absolute atomic E-state index is 0.0142. The summed E-state index contributed by atoms with van der Waals surface area (Å²) in [5.74, 6) is 1.24. The summed E-state index contributed by atoms with van der Waals surface area (Å²) in [5, 5.41) is 0. The van der Waals surface area contributed by atoms with E-state index in [2.05, 4.69) is 13.8 Å². The lowest BCUT2D eigenvalue weighted by atomic mass is 9.97. The minimum Gasteiger partial charge on any atom is -0.482 e. The van der Waals surface area contributed by atoms with Crippen molar-refractivity contribution in [3.63, 3.8) is 0 Å². The first-order valence-electron chi connectivity index (χ1n) is 6.84. The molecule has 19 heavy (non-hydrogen) atoms. The fraction of sp³-hybridized carbons (Fsp3) is 0.533. The van der Waals surface area contributed by atoms with Crippen LogP contribution >= 0.6 is 0 Å². The zero-order valence-electron chi connectivity index (χ0n) is 11.8. The zero-order valence-corrected chi connectivity index (χ0v) is 11.8. The summed E-state index contributed by atoms with van der Waals surface area (Å²) in [4.78, 5) is 13.6. The van der Waals surface area contributed by atoms with Gasteiger partial charge in [0.25, 0.3) is 5.91 Å². The summed E-state index contributed by atoms with van der Waals surface area (Å²) in [5.41, 5.74) is 8.12. The van der Waals surface area contributed by atoms with Gasteiger partial charge in [0, 0.05) is 12.6 Å². The number of amides is 1. The number of benzene rings is 1. The third-order valence-corrected chi connectivity index (χ3v) is 3.61. The summed E-state index contributed by atoms with van der Waals surface area (Å²) in [6.45, 7) is 7.00. The number of anilines is 1. The van der Waals surface area contributed by atoms with Crippen LogP contribution in [0.5, 0.6) is 5.75 Å². The second kappa shape index (κ2) is 5.61. The maximum atomic E-state index is 11.8. The lowest BCUT2D eigenvalue weighted by molar-refractivity contribution is -0.121. The third kappa shape index (κ3) is 2.89. The molecule has 1 aromatic rings. The van der Waals surface area contributed by atoms with Crippen LogP contribution in [0.1, 0.15) is 26.3 Å². The molecule has 1 amide bonds. The Hall–Kier alpha value is -1.55. The highest BCUT2D eigenvalue weighted by Crippen LogP contribution is 2.33. The Morgan fingerprint density at radius 2 is 2.16 bits per heavy atom. The topological polar surface area (TPSA) is 55.6 Å². The van der Waals surface area contributed by atoms with Gasteiger partial charge in [-0.25, -0.2) is 0 Å². The van der Waals surface area contributed by atoms with Crippen molar-refractivity contribution < 1.29 is 9.53 Å². The van der Waals surface area contributed by atoms with Gasteiger partial charge in [0.1, 0.15) is 5.75 Å². The number of hydrogen-bond acceptors (Lipinski definition) is 3. The Bertz CT molecular complexity index is 471. The summed E-state index contributed by atoms with van der Waals surface area (Å²) < 4.78 is 5.45. The van der Waals surface area contributed by atoms with E-state index in [1.165, 1.54) is 0 Å². The molecule has 4 heteroatoms. The number of carbonyl (C=O) groups is 1. The second-order valence-corrected chi connectivity index (χ2v) is 5.34. The molecule has 0 bridgehead atoms. The molecule has 0 saturated carbocycles. The first-order chi connectivity index (χ1) is 9.02. The van der Waals surface area contributed by atoms with E-state index in [9.17, 15) is 4.79 Å². The Labute approximate surface area is 114 Å². The summed E-state index contributed by atoms with van der Waals surface area (Å²) in [6.07, 6.45) is 0.816. The molecule has 1 aliphatic heterocycles. The quantitative estimate of drug-likeness (QED) is 0.902. The molecular formula is C15H22N2O2. The first-order valence-corrected chi connectivity index (χ1v) is 6.84. The predicted molar refractivity (Wildman–Crippen MR) is 76.5 cm³/mol. The summed E-state index contributed by atoms with van der Waals surface area (Å²) in [7, 11) is 0. The lowest BCUT2D eigenvalue weighted by Crippen LogP contribution is -2.38. The zero-order chi connectivity index (χ0) is 14.0. The molecular weight excluding hydrogens is 240 g/mol.